The van der Waals surface area contributed by atoms with E-state index in [1.807, 2.05) is 0 Å². The second-order valence-corrected chi connectivity index (χ2v) is 6.04. The number of para-hydroxylation sites is 1. The molecule has 3 aromatic rings. The van der Waals surface area contributed by atoms with Crippen molar-refractivity contribution in [1.29, 1.82) is 0 Å². The molecule has 2 heterocycles. The number of aromatic amines is 4. The van der Waals surface area contributed by atoms with Crippen molar-refractivity contribution >= 4 is 0 Å². The summed E-state index contributed by atoms with van der Waals surface area (Å²) in [6.07, 6.45) is 5.34. The number of methoxy groups -OCH3 is 1. The molecule has 0 aliphatic carbocycles. The molecule has 0 bridgehead atoms. The van der Waals surface area contributed by atoms with Crippen molar-refractivity contribution < 1.29 is 9.47 Å². The standard InChI is InChI=1S/C19H20N4O4/c1-5-9-27-17-12(7-6-8-13(17)26-4)16(14-10(2)20-22-18(14)24)15-11(3)21-23-19(15)25/h1,6-8,16H,9H2,2-4H3,(H2,20,22,24)(H2,21,23,25). The van der Waals surface area contributed by atoms with Crippen LogP contribution in [0.3, 0.4) is 0 Å². The molecule has 2 aromatic heterocycles. The minimum Gasteiger partial charge on any atom is -0.493 e. The summed E-state index contributed by atoms with van der Waals surface area (Å²) in [7, 11) is 1.51. The van der Waals surface area contributed by atoms with E-state index >= 15 is 0 Å². The molecule has 0 aliphatic rings. The van der Waals surface area contributed by atoms with Gasteiger partial charge in [-0.25, -0.2) is 0 Å². The third-order valence-electron chi connectivity index (χ3n) is 4.44. The predicted molar refractivity (Wildman–Crippen MR) is 101 cm³/mol. The Kier molecular flexibility index (Phi) is 4.94. The molecular formula is C19H20N4O4. The first-order valence-corrected chi connectivity index (χ1v) is 8.27. The summed E-state index contributed by atoms with van der Waals surface area (Å²) in [4.78, 5) is 25.1. The first-order valence-electron chi connectivity index (χ1n) is 8.27. The summed E-state index contributed by atoms with van der Waals surface area (Å²) in [5, 5.41) is 10.8. The number of nitrogens with one attached hydrogen (secondary N) is 4. The van der Waals surface area contributed by atoms with Gasteiger partial charge in [0.05, 0.1) is 24.2 Å². The number of hydrogen-bond donors (Lipinski definition) is 4. The molecule has 27 heavy (non-hydrogen) atoms. The van der Waals surface area contributed by atoms with E-state index in [4.69, 9.17) is 15.9 Å². The Morgan fingerprint density at radius 2 is 1.63 bits per heavy atom. The van der Waals surface area contributed by atoms with Crippen LogP contribution in [0.25, 0.3) is 0 Å². The van der Waals surface area contributed by atoms with Gasteiger partial charge >= 0.3 is 0 Å². The molecule has 0 saturated heterocycles. The van der Waals surface area contributed by atoms with E-state index in [0.717, 1.165) is 0 Å². The second kappa shape index (κ2) is 7.33. The zero-order valence-corrected chi connectivity index (χ0v) is 15.2. The maximum absolute atomic E-state index is 12.5. The van der Waals surface area contributed by atoms with Crippen molar-refractivity contribution in [1.82, 2.24) is 20.4 Å². The summed E-state index contributed by atoms with van der Waals surface area (Å²) in [6.45, 7) is 3.54. The molecule has 140 valence electrons. The zero-order chi connectivity index (χ0) is 19.6. The monoisotopic (exact) mass is 368 g/mol. The van der Waals surface area contributed by atoms with Gasteiger partial charge < -0.3 is 19.7 Å². The van der Waals surface area contributed by atoms with Crippen LogP contribution in [0.2, 0.25) is 0 Å². The van der Waals surface area contributed by atoms with Crippen molar-refractivity contribution in [3.63, 3.8) is 0 Å². The van der Waals surface area contributed by atoms with E-state index in [9.17, 15) is 9.59 Å². The van der Waals surface area contributed by atoms with Crippen molar-refractivity contribution in [3.8, 4) is 23.8 Å². The Hall–Kier alpha value is -3.60. The van der Waals surface area contributed by atoms with E-state index in [-0.39, 0.29) is 17.7 Å². The third-order valence-corrected chi connectivity index (χ3v) is 4.44. The number of terminal acetylenes is 1. The van der Waals surface area contributed by atoms with Crippen LogP contribution in [-0.4, -0.2) is 34.1 Å². The van der Waals surface area contributed by atoms with Gasteiger partial charge in [0, 0.05) is 17.0 Å². The maximum atomic E-state index is 12.5. The van der Waals surface area contributed by atoms with E-state index in [1.165, 1.54) is 7.11 Å². The van der Waals surface area contributed by atoms with Gasteiger partial charge in [0.15, 0.2) is 11.5 Å². The zero-order valence-electron chi connectivity index (χ0n) is 15.2. The Morgan fingerprint density at radius 3 is 2.07 bits per heavy atom. The highest BCUT2D eigenvalue weighted by Crippen LogP contribution is 2.41. The molecule has 8 nitrogen and oxygen atoms in total. The minimum atomic E-state index is -0.683. The SMILES string of the molecule is C#CCOc1c(OC)cccc1C(c1c(C)[nH][nH]c1=O)c1c(C)[nH][nH]c1=O. The molecule has 0 radical (unpaired) electrons. The number of benzene rings is 1. The molecule has 0 amide bonds. The molecule has 0 atom stereocenters. The minimum absolute atomic E-state index is 0.0189. The number of aryl methyl sites for hydroxylation is 2. The van der Waals surface area contributed by atoms with Crippen molar-refractivity contribution in [2.24, 2.45) is 0 Å². The molecule has 4 N–H and O–H groups in total. The van der Waals surface area contributed by atoms with Crippen molar-refractivity contribution in [3.05, 3.63) is 67.0 Å². The molecule has 3 rings (SSSR count). The molecule has 0 spiro atoms. The fourth-order valence-corrected chi connectivity index (χ4v) is 3.25. The largest absolute Gasteiger partial charge is 0.493 e. The van der Waals surface area contributed by atoms with Crippen molar-refractivity contribution in [2.75, 3.05) is 13.7 Å². The van der Waals surface area contributed by atoms with E-state index in [0.29, 0.717) is 39.6 Å². The van der Waals surface area contributed by atoms with E-state index < -0.39 is 5.92 Å². The lowest BCUT2D eigenvalue weighted by Gasteiger charge is -2.21. The van der Waals surface area contributed by atoms with E-state index in [2.05, 4.69) is 26.3 Å². The predicted octanol–water partition coefficient (Wildman–Crippen LogP) is 1.54. The normalized spacial score (nSPS) is 10.8. The summed E-state index contributed by atoms with van der Waals surface area (Å²) in [5.41, 5.74) is 2.05. The highest BCUT2D eigenvalue weighted by molar-refractivity contribution is 5.55. The smallest absolute Gasteiger partial charge is 0.268 e. The lowest BCUT2D eigenvalue weighted by molar-refractivity contribution is 0.327. The van der Waals surface area contributed by atoms with Gasteiger partial charge in [0.1, 0.15) is 6.61 Å². The van der Waals surface area contributed by atoms with Gasteiger partial charge in [-0.2, -0.15) is 0 Å². The van der Waals surface area contributed by atoms with Crippen LogP contribution in [-0.2, 0) is 0 Å². The van der Waals surface area contributed by atoms with Crippen LogP contribution in [0.15, 0.2) is 27.8 Å². The average Bonchev–Trinajstić information content (AvgIpc) is 3.17. The van der Waals surface area contributed by atoms with Crippen LogP contribution in [0.5, 0.6) is 11.5 Å². The average molecular weight is 368 g/mol. The Balaban J connectivity index is 2.35. The van der Waals surface area contributed by atoms with Crippen LogP contribution in [0, 0.1) is 26.2 Å². The second-order valence-electron chi connectivity index (χ2n) is 6.04. The van der Waals surface area contributed by atoms with Gasteiger partial charge in [0.25, 0.3) is 11.1 Å². The number of ether oxygens (including phenoxy) is 2. The molecule has 1 aromatic carbocycles. The quantitative estimate of drug-likeness (QED) is 0.494. The first-order chi connectivity index (χ1) is 13.0. The molecule has 0 saturated carbocycles. The summed E-state index contributed by atoms with van der Waals surface area (Å²) >= 11 is 0. The fraction of sp³-hybridized carbons (Fsp3) is 0.263. The number of aromatic nitrogens is 4. The molecular weight excluding hydrogens is 348 g/mol. The molecule has 0 aliphatic heterocycles. The van der Waals surface area contributed by atoms with Gasteiger partial charge in [-0.05, 0) is 19.9 Å². The van der Waals surface area contributed by atoms with Gasteiger partial charge in [0.2, 0.25) is 0 Å². The number of hydrogen-bond acceptors (Lipinski definition) is 4. The lowest BCUT2D eigenvalue weighted by atomic mass is 9.84. The molecule has 0 fully saturated rings. The van der Waals surface area contributed by atoms with Gasteiger partial charge in [-0.3, -0.25) is 19.8 Å². The van der Waals surface area contributed by atoms with Gasteiger partial charge in [-0.1, -0.05) is 18.1 Å². The third kappa shape index (κ3) is 3.15. The summed E-state index contributed by atoms with van der Waals surface area (Å²) < 4.78 is 11.1. The summed E-state index contributed by atoms with van der Waals surface area (Å²) in [5.74, 6) is 2.59. The summed E-state index contributed by atoms with van der Waals surface area (Å²) in [6, 6.07) is 5.29. The fourth-order valence-electron chi connectivity index (χ4n) is 3.25. The molecule has 8 heteroatoms. The topological polar surface area (TPSA) is 116 Å². The van der Waals surface area contributed by atoms with Crippen molar-refractivity contribution in [2.45, 2.75) is 19.8 Å². The van der Waals surface area contributed by atoms with E-state index in [1.54, 1.807) is 32.0 Å². The number of H-pyrrole nitrogens is 4. The molecule has 0 unspecified atom stereocenters. The van der Waals surface area contributed by atoms with Gasteiger partial charge in [-0.15, -0.1) is 6.42 Å². The first kappa shape index (κ1) is 18.2. The lowest BCUT2D eigenvalue weighted by Crippen LogP contribution is -2.21. The van der Waals surface area contributed by atoms with Crippen LogP contribution < -0.4 is 20.6 Å². The number of rotatable bonds is 6. The maximum Gasteiger partial charge on any atom is 0.268 e. The Morgan fingerprint density at radius 1 is 1.04 bits per heavy atom. The highest BCUT2D eigenvalue weighted by Gasteiger charge is 2.31. The Bertz CT molecular complexity index is 1060. The van der Waals surface area contributed by atoms with Crippen LogP contribution in [0.1, 0.15) is 34.0 Å². The van der Waals surface area contributed by atoms with Crippen LogP contribution >= 0.6 is 0 Å². The Labute approximate surface area is 154 Å². The van der Waals surface area contributed by atoms with Crippen LogP contribution in [0.4, 0.5) is 0 Å². The highest BCUT2D eigenvalue weighted by atomic mass is 16.5.